The smallest absolute Gasteiger partial charge is 0.352 e. The third-order valence-electron chi connectivity index (χ3n) is 9.27. The van der Waals surface area contributed by atoms with Crippen LogP contribution in [0.2, 0.25) is 5.02 Å². The molecule has 1 saturated heterocycles. The number of nitrogens with zero attached hydrogens (tertiary/aromatic N) is 4. The van der Waals surface area contributed by atoms with Gasteiger partial charge in [0.25, 0.3) is 0 Å². The van der Waals surface area contributed by atoms with Gasteiger partial charge in [0.05, 0.1) is 40.3 Å². The molecular weight excluding hydrogens is 575 g/mol. The largest absolute Gasteiger partial charge is 0.508 e. The van der Waals surface area contributed by atoms with Crippen molar-refractivity contribution in [1.29, 1.82) is 0 Å². The van der Waals surface area contributed by atoms with Gasteiger partial charge in [-0.1, -0.05) is 48.0 Å². The van der Waals surface area contributed by atoms with Crippen molar-refractivity contribution in [2.24, 2.45) is 11.3 Å². The quantitative estimate of drug-likeness (QED) is 0.276. The number of hydrogen-bond donors (Lipinski definition) is 1. The van der Waals surface area contributed by atoms with E-state index in [4.69, 9.17) is 11.6 Å². The molecule has 218 valence electrons. The first-order valence-electron chi connectivity index (χ1n) is 13.9. The van der Waals surface area contributed by atoms with Gasteiger partial charge in [0.1, 0.15) is 11.6 Å². The number of aromatic hydroxyl groups is 1. The van der Waals surface area contributed by atoms with Crippen LogP contribution in [0.15, 0.2) is 88.0 Å². The number of para-hydroxylation sites is 1. The van der Waals surface area contributed by atoms with Crippen molar-refractivity contribution in [2.75, 3.05) is 4.90 Å². The first kappa shape index (κ1) is 27.2. The van der Waals surface area contributed by atoms with E-state index in [1.54, 1.807) is 62.4 Å². The van der Waals surface area contributed by atoms with Crippen LogP contribution in [0.3, 0.4) is 0 Å². The molecule has 0 radical (unpaired) electrons. The zero-order valence-electron chi connectivity index (χ0n) is 23.2. The standard InChI is InChI=1S/C32H26ClFN4O5/c1-17-14-18(8-11-26(17)39)27-21-12-13-35-30(42)37(19-6-4-3-5-7-19)31(43)38(35)25(21)16-22-28(40)36(29(41)32(22,27)2)20-9-10-24(34)23(33)15-20/h3-12,14-15,22,25,27,39H,13,16H2,1-2H3. The second kappa shape index (κ2) is 9.40. The Morgan fingerprint density at radius 3 is 2.40 bits per heavy atom. The molecule has 9 nitrogen and oxygen atoms in total. The van der Waals surface area contributed by atoms with E-state index >= 15 is 0 Å². The van der Waals surface area contributed by atoms with Gasteiger partial charge in [0, 0.05) is 5.92 Å². The van der Waals surface area contributed by atoms with Crippen LogP contribution in [0.1, 0.15) is 36.4 Å². The number of fused-ring (bicyclic) bond motifs is 4. The van der Waals surface area contributed by atoms with E-state index < -0.39 is 52.3 Å². The van der Waals surface area contributed by atoms with E-state index in [1.165, 1.54) is 21.5 Å². The van der Waals surface area contributed by atoms with Crippen LogP contribution < -0.4 is 16.3 Å². The van der Waals surface area contributed by atoms with E-state index in [1.807, 2.05) is 6.08 Å². The Labute approximate surface area is 249 Å². The predicted molar refractivity (Wildman–Crippen MR) is 157 cm³/mol. The molecule has 4 unspecified atom stereocenters. The molecule has 1 aliphatic carbocycles. The molecule has 1 saturated carbocycles. The second-order valence-electron chi connectivity index (χ2n) is 11.5. The third-order valence-corrected chi connectivity index (χ3v) is 9.56. The monoisotopic (exact) mass is 600 g/mol. The number of carbonyl (C=O) groups is 2. The maximum atomic E-state index is 14.4. The first-order valence-corrected chi connectivity index (χ1v) is 14.2. The minimum Gasteiger partial charge on any atom is -0.508 e. The fraction of sp³-hybridized carbons (Fsp3) is 0.250. The number of halogens is 2. The van der Waals surface area contributed by atoms with Crippen LogP contribution in [-0.4, -0.2) is 30.9 Å². The summed E-state index contributed by atoms with van der Waals surface area (Å²) >= 11 is 6.04. The van der Waals surface area contributed by atoms with Crippen molar-refractivity contribution in [3.05, 3.63) is 121 Å². The number of imide groups is 1. The van der Waals surface area contributed by atoms with Gasteiger partial charge in [-0.05, 0) is 73.4 Å². The third kappa shape index (κ3) is 3.69. The zero-order chi connectivity index (χ0) is 30.4. The SMILES string of the molecule is Cc1cc(C2C3=CCn4c(=O)n(-c5ccccc5)c(=O)n4C3CC3C(=O)N(c4ccc(F)c(Cl)c4)C(=O)C32C)ccc1O. The number of rotatable bonds is 3. The lowest BCUT2D eigenvalue weighted by Crippen LogP contribution is -2.49. The summed E-state index contributed by atoms with van der Waals surface area (Å²) in [5.74, 6) is -3.14. The highest BCUT2D eigenvalue weighted by Crippen LogP contribution is 2.61. The number of benzene rings is 3. The lowest BCUT2D eigenvalue weighted by Gasteiger charge is -2.47. The zero-order valence-corrected chi connectivity index (χ0v) is 24.0. The molecule has 3 aromatic carbocycles. The van der Waals surface area contributed by atoms with E-state index in [2.05, 4.69) is 0 Å². The molecule has 3 aliphatic rings. The van der Waals surface area contributed by atoms with E-state index in [0.717, 1.165) is 21.1 Å². The van der Waals surface area contributed by atoms with Gasteiger partial charge in [-0.2, -0.15) is 0 Å². The Balaban J connectivity index is 1.44. The Hall–Kier alpha value is -4.70. The Morgan fingerprint density at radius 1 is 0.953 bits per heavy atom. The van der Waals surface area contributed by atoms with Gasteiger partial charge in [-0.3, -0.25) is 9.59 Å². The van der Waals surface area contributed by atoms with Crippen LogP contribution >= 0.6 is 11.6 Å². The van der Waals surface area contributed by atoms with Gasteiger partial charge in [-0.25, -0.2) is 32.8 Å². The number of phenols is 1. The van der Waals surface area contributed by atoms with Gasteiger partial charge >= 0.3 is 11.4 Å². The predicted octanol–water partition coefficient (Wildman–Crippen LogP) is 4.47. The summed E-state index contributed by atoms with van der Waals surface area (Å²) in [6.45, 7) is 3.57. The molecule has 2 amide bonds. The fourth-order valence-corrected chi connectivity index (χ4v) is 7.36. The highest BCUT2D eigenvalue weighted by molar-refractivity contribution is 6.31. The Bertz CT molecular complexity index is 2010. The van der Waals surface area contributed by atoms with Gasteiger partial charge in [0.2, 0.25) is 11.8 Å². The summed E-state index contributed by atoms with van der Waals surface area (Å²) in [4.78, 5) is 57.1. The highest BCUT2D eigenvalue weighted by Gasteiger charge is 2.65. The van der Waals surface area contributed by atoms with Crippen molar-refractivity contribution in [2.45, 2.75) is 38.8 Å². The lowest BCUT2D eigenvalue weighted by molar-refractivity contribution is -0.129. The summed E-state index contributed by atoms with van der Waals surface area (Å²) in [5.41, 5.74) is 0.229. The molecular formula is C32H26ClFN4O5. The van der Waals surface area contributed by atoms with Crippen molar-refractivity contribution >= 4 is 29.1 Å². The fourth-order valence-electron chi connectivity index (χ4n) is 7.18. The maximum Gasteiger partial charge on any atom is 0.352 e. The molecule has 2 fully saturated rings. The summed E-state index contributed by atoms with van der Waals surface area (Å²) in [6, 6.07) is 16.6. The van der Waals surface area contributed by atoms with Crippen LogP contribution in [0.25, 0.3) is 5.69 Å². The minimum atomic E-state index is -1.29. The molecule has 11 heteroatoms. The van der Waals surface area contributed by atoms with Crippen LogP contribution in [0.4, 0.5) is 10.1 Å². The van der Waals surface area contributed by atoms with E-state index in [0.29, 0.717) is 16.8 Å². The molecule has 43 heavy (non-hydrogen) atoms. The number of aryl methyl sites for hydroxylation is 1. The molecule has 4 aromatic rings. The number of amides is 2. The summed E-state index contributed by atoms with van der Waals surface area (Å²) < 4.78 is 17.9. The summed E-state index contributed by atoms with van der Waals surface area (Å²) in [7, 11) is 0. The van der Waals surface area contributed by atoms with Crippen molar-refractivity contribution in [3.8, 4) is 11.4 Å². The number of phenolic OH excluding ortho intramolecular Hbond substituents is 1. The second-order valence-corrected chi connectivity index (χ2v) is 11.9. The van der Waals surface area contributed by atoms with Gasteiger partial charge in [0.15, 0.2) is 0 Å². The van der Waals surface area contributed by atoms with Crippen molar-refractivity contribution in [1.82, 2.24) is 13.9 Å². The van der Waals surface area contributed by atoms with Crippen molar-refractivity contribution < 1.29 is 19.1 Å². The van der Waals surface area contributed by atoms with Crippen molar-refractivity contribution in [3.63, 3.8) is 0 Å². The highest BCUT2D eigenvalue weighted by atomic mass is 35.5. The normalized spacial score (nSPS) is 24.4. The average molecular weight is 601 g/mol. The molecule has 0 bridgehead atoms. The molecule has 1 aromatic heterocycles. The lowest BCUT2D eigenvalue weighted by atomic mass is 9.56. The van der Waals surface area contributed by atoms with Crippen LogP contribution in [0, 0.1) is 24.1 Å². The topological polar surface area (TPSA) is 107 Å². The summed E-state index contributed by atoms with van der Waals surface area (Å²) in [5, 5.41) is 10.1. The minimum absolute atomic E-state index is 0.0804. The van der Waals surface area contributed by atoms with Gasteiger partial charge < -0.3 is 5.11 Å². The van der Waals surface area contributed by atoms with Crippen LogP contribution in [0.5, 0.6) is 5.75 Å². The van der Waals surface area contributed by atoms with E-state index in [9.17, 15) is 28.7 Å². The number of aromatic nitrogens is 3. The number of carbonyl (C=O) groups excluding carboxylic acids is 2. The molecule has 2 aliphatic heterocycles. The molecule has 4 atom stereocenters. The summed E-state index contributed by atoms with van der Waals surface area (Å²) in [6.07, 6.45) is 1.95. The molecule has 1 N–H and O–H groups in total. The maximum absolute atomic E-state index is 14.4. The molecule has 0 spiro atoms. The van der Waals surface area contributed by atoms with Gasteiger partial charge in [-0.15, -0.1) is 0 Å². The Morgan fingerprint density at radius 2 is 1.70 bits per heavy atom. The van der Waals surface area contributed by atoms with Crippen LogP contribution in [-0.2, 0) is 16.1 Å². The number of hydrogen-bond acceptors (Lipinski definition) is 5. The molecule has 7 rings (SSSR count). The first-order chi connectivity index (χ1) is 20.5. The van der Waals surface area contributed by atoms with E-state index in [-0.39, 0.29) is 29.4 Å². The number of anilines is 1. The Kier molecular flexibility index (Phi) is 5.94. The molecule has 3 heterocycles. The average Bonchev–Trinajstić information content (AvgIpc) is 3.36. The number of allylic oxidation sites excluding steroid dienone is 2.